The van der Waals surface area contributed by atoms with Gasteiger partial charge in [-0.25, -0.2) is 13.2 Å². The van der Waals surface area contributed by atoms with Crippen molar-refractivity contribution in [3.8, 4) is 5.75 Å². The molecule has 1 fully saturated rings. The van der Waals surface area contributed by atoms with Gasteiger partial charge in [0.2, 0.25) is 5.91 Å². The highest BCUT2D eigenvalue weighted by atomic mass is 35.5. The van der Waals surface area contributed by atoms with Gasteiger partial charge in [0.25, 0.3) is 0 Å². The van der Waals surface area contributed by atoms with Crippen LogP contribution >= 0.6 is 12.4 Å². The zero-order valence-corrected chi connectivity index (χ0v) is 15.9. The molecule has 28 heavy (non-hydrogen) atoms. The molecule has 3 rings (SSSR count). The van der Waals surface area contributed by atoms with Crippen molar-refractivity contribution in [2.45, 2.75) is 24.8 Å². The number of hydrogen-bond donors (Lipinski definition) is 2. The molecule has 1 saturated heterocycles. The van der Waals surface area contributed by atoms with Gasteiger partial charge in [-0.2, -0.15) is 0 Å². The van der Waals surface area contributed by atoms with Crippen molar-refractivity contribution in [1.29, 1.82) is 0 Å². The lowest BCUT2D eigenvalue weighted by atomic mass is 9.86. The summed E-state index contributed by atoms with van der Waals surface area (Å²) < 4.78 is 45.0. The first-order valence-electron chi connectivity index (χ1n) is 8.86. The third-order valence-corrected chi connectivity index (χ3v) is 4.61. The molecule has 0 aromatic heterocycles. The number of hydrogen-bond acceptors (Lipinski definition) is 3. The first-order chi connectivity index (χ1) is 13.0. The summed E-state index contributed by atoms with van der Waals surface area (Å²) in [6.45, 7) is 1.45. The third-order valence-electron chi connectivity index (χ3n) is 4.61. The average Bonchev–Trinajstić information content (AvgIpc) is 2.66. The van der Waals surface area contributed by atoms with Crippen LogP contribution in [0.4, 0.5) is 13.2 Å². The molecule has 2 unspecified atom stereocenters. The number of halogens is 4. The lowest BCUT2D eigenvalue weighted by Crippen LogP contribution is -2.50. The second kappa shape index (κ2) is 10.3. The van der Waals surface area contributed by atoms with Crippen molar-refractivity contribution in [2.75, 3.05) is 19.7 Å². The summed E-state index contributed by atoms with van der Waals surface area (Å²) in [7, 11) is 0. The van der Waals surface area contributed by atoms with E-state index in [1.165, 1.54) is 30.3 Å². The van der Waals surface area contributed by atoms with Gasteiger partial charge in [0.1, 0.15) is 11.6 Å². The minimum absolute atomic E-state index is 0. The summed E-state index contributed by atoms with van der Waals surface area (Å²) in [6.07, 6.45) is 0.848. The zero-order chi connectivity index (χ0) is 19.2. The van der Waals surface area contributed by atoms with E-state index in [1.54, 1.807) is 6.07 Å². The molecule has 2 N–H and O–H groups in total. The Morgan fingerprint density at radius 1 is 1.11 bits per heavy atom. The molecule has 0 saturated carbocycles. The van der Waals surface area contributed by atoms with Crippen molar-refractivity contribution in [3.63, 3.8) is 0 Å². The van der Waals surface area contributed by atoms with Crippen molar-refractivity contribution in [1.82, 2.24) is 10.6 Å². The van der Waals surface area contributed by atoms with E-state index >= 15 is 0 Å². The Kier molecular flexibility index (Phi) is 8.14. The fourth-order valence-corrected chi connectivity index (χ4v) is 3.22. The maximum absolute atomic E-state index is 13.6. The lowest BCUT2D eigenvalue weighted by Gasteiger charge is -2.33. The van der Waals surface area contributed by atoms with Gasteiger partial charge in [-0.15, -0.1) is 12.4 Å². The molecule has 0 spiro atoms. The number of benzene rings is 2. The number of nitrogens with one attached hydrogen (secondary N) is 2. The van der Waals surface area contributed by atoms with Crippen LogP contribution in [-0.2, 0) is 4.79 Å². The Morgan fingerprint density at radius 2 is 1.86 bits per heavy atom. The minimum Gasteiger partial charge on any atom is -0.493 e. The molecule has 8 heteroatoms. The van der Waals surface area contributed by atoms with E-state index in [9.17, 15) is 18.0 Å². The van der Waals surface area contributed by atoms with E-state index in [0.717, 1.165) is 12.6 Å². The quantitative estimate of drug-likeness (QED) is 0.760. The van der Waals surface area contributed by atoms with Gasteiger partial charge in [0.05, 0.1) is 13.0 Å². The highest BCUT2D eigenvalue weighted by Crippen LogP contribution is 2.27. The van der Waals surface area contributed by atoms with Crippen molar-refractivity contribution in [3.05, 3.63) is 65.5 Å². The fraction of sp³-hybridized carbons (Fsp3) is 0.350. The van der Waals surface area contributed by atoms with Gasteiger partial charge in [0, 0.05) is 18.5 Å². The van der Waals surface area contributed by atoms with Crippen LogP contribution in [0.1, 0.15) is 24.3 Å². The van der Waals surface area contributed by atoms with Crippen molar-refractivity contribution >= 4 is 18.3 Å². The molecular weight excluding hydrogens is 393 g/mol. The molecule has 0 aliphatic carbocycles. The van der Waals surface area contributed by atoms with E-state index in [-0.39, 0.29) is 49.1 Å². The van der Waals surface area contributed by atoms with Crippen LogP contribution in [0.5, 0.6) is 5.75 Å². The van der Waals surface area contributed by atoms with Crippen LogP contribution in [0.15, 0.2) is 42.5 Å². The van der Waals surface area contributed by atoms with E-state index < -0.39 is 11.6 Å². The van der Waals surface area contributed by atoms with Crippen LogP contribution in [0.25, 0.3) is 0 Å². The molecule has 1 heterocycles. The lowest BCUT2D eigenvalue weighted by molar-refractivity contribution is -0.122. The smallest absolute Gasteiger partial charge is 0.223 e. The molecule has 152 valence electrons. The zero-order valence-electron chi connectivity index (χ0n) is 15.1. The number of rotatable bonds is 6. The summed E-state index contributed by atoms with van der Waals surface area (Å²) in [6, 6.07) is 9.22. The van der Waals surface area contributed by atoms with Gasteiger partial charge in [-0.3, -0.25) is 4.79 Å². The second-order valence-corrected chi connectivity index (χ2v) is 6.50. The Morgan fingerprint density at radius 3 is 2.57 bits per heavy atom. The van der Waals surface area contributed by atoms with Crippen LogP contribution < -0.4 is 15.4 Å². The van der Waals surface area contributed by atoms with Crippen LogP contribution in [0, 0.1) is 17.5 Å². The highest BCUT2D eigenvalue weighted by molar-refractivity contribution is 5.85. The van der Waals surface area contributed by atoms with Crippen LogP contribution in [-0.4, -0.2) is 31.6 Å². The first-order valence-corrected chi connectivity index (χ1v) is 8.86. The number of amides is 1. The fourth-order valence-electron chi connectivity index (χ4n) is 3.22. The summed E-state index contributed by atoms with van der Waals surface area (Å²) in [4.78, 5) is 12.2. The molecule has 4 nitrogen and oxygen atoms in total. The van der Waals surface area contributed by atoms with Crippen LogP contribution in [0.3, 0.4) is 0 Å². The normalized spacial score (nSPS) is 18.8. The largest absolute Gasteiger partial charge is 0.493 e. The highest BCUT2D eigenvalue weighted by Gasteiger charge is 2.28. The van der Waals surface area contributed by atoms with Gasteiger partial charge in [-0.1, -0.05) is 6.07 Å². The predicted octanol–water partition coefficient (Wildman–Crippen LogP) is 3.56. The van der Waals surface area contributed by atoms with Crippen molar-refractivity contribution < 1.29 is 22.7 Å². The van der Waals surface area contributed by atoms with Crippen molar-refractivity contribution in [2.24, 2.45) is 0 Å². The number of carbonyl (C=O) groups excluding carboxylic acids is 1. The Labute approximate surface area is 167 Å². The van der Waals surface area contributed by atoms with E-state index in [4.69, 9.17) is 4.74 Å². The summed E-state index contributed by atoms with van der Waals surface area (Å²) in [5, 5.41) is 6.14. The molecule has 1 aliphatic rings. The molecule has 1 amide bonds. The second-order valence-electron chi connectivity index (χ2n) is 6.50. The monoisotopic (exact) mass is 414 g/mol. The summed E-state index contributed by atoms with van der Waals surface area (Å²) in [5.41, 5.74) is 0.670. The van der Waals surface area contributed by atoms with E-state index in [1.807, 2.05) is 0 Å². The third kappa shape index (κ3) is 5.87. The molecule has 0 radical (unpaired) electrons. The Balaban J connectivity index is 0.00000280. The van der Waals surface area contributed by atoms with Gasteiger partial charge in [-0.05, 0) is 54.9 Å². The predicted molar refractivity (Wildman–Crippen MR) is 102 cm³/mol. The minimum atomic E-state index is -0.885. The molecule has 2 aromatic rings. The van der Waals surface area contributed by atoms with E-state index in [2.05, 4.69) is 10.6 Å². The molecular formula is C20H22ClF3N2O2. The maximum Gasteiger partial charge on any atom is 0.223 e. The standard InChI is InChI=1S/C20H21F3N2O2.ClH/c21-14-2-4-15(5-3-14)27-10-8-20(26)25-19-12-24-9-7-16(19)13-1-6-17(22)18(23)11-13;/h1-6,11,16,19,24H,7-10,12H2,(H,25,26);1H. The average molecular weight is 415 g/mol. The summed E-state index contributed by atoms with van der Waals surface area (Å²) >= 11 is 0. The number of piperidine rings is 1. The maximum atomic E-state index is 13.6. The van der Waals surface area contributed by atoms with Gasteiger partial charge >= 0.3 is 0 Å². The van der Waals surface area contributed by atoms with Gasteiger partial charge in [0.15, 0.2) is 11.6 Å². The summed E-state index contributed by atoms with van der Waals surface area (Å²) in [5.74, 6) is -1.92. The first kappa shape index (κ1) is 22.0. The Bertz CT molecular complexity index is 790. The molecule has 0 bridgehead atoms. The van der Waals surface area contributed by atoms with Crippen LogP contribution in [0.2, 0.25) is 0 Å². The molecule has 2 atom stereocenters. The SMILES string of the molecule is Cl.O=C(CCOc1ccc(F)cc1)NC1CNCCC1c1ccc(F)c(F)c1. The Hall–Kier alpha value is -2.25. The van der Waals surface area contributed by atoms with E-state index in [0.29, 0.717) is 24.3 Å². The number of carbonyl (C=O) groups is 1. The molecule has 2 aromatic carbocycles. The van der Waals surface area contributed by atoms with Gasteiger partial charge < -0.3 is 15.4 Å². The number of ether oxygens (including phenoxy) is 1. The topological polar surface area (TPSA) is 50.4 Å². The molecule has 1 aliphatic heterocycles.